The minimum absolute atomic E-state index is 0.354. The summed E-state index contributed by atoms with van der Waals surface area (Å²) >= 11 is 0. The van der Waals surface area contributed by atoms with Gasteiger partial charge in [-0.25, -0.2) is 4.99 Å². The normalized spacial score (nSPS) is 26.5. The predicted octanol–water partition coefficient (Wildman–Crippen LogP) is 3.92. The molecule has 1 aliphatic carbocycles. The Balaban J connectivity index is 2.32. The summed E-state index contributed by atoms with van der Waals surface area (Å²) in [4.78, 5) is 3.15. The second kappa shape index (κ2) is 5.19. The molecule has 0 amide bonds. The van der Waals surface area contributed by atoms with Crippen molar-refractivity contribution in [1.82, 2.24) is 0 Å². The van der Waals surface area contributed by atoms with Crippen LogP contribution in [0, 0.1) is 29.1 Å². The first-order chi connectivity index (χ1) is 7.73. The summed E-state index contributed by atoms with van der Waals surface area (Å²) in [7, 11) is 0. The second-order valence-electron chi connectivity index (χ2n) is 5.18. The van der Waals surface area contributed by atoms with Crippen molar-refractivity contribution in [2.24, 2.45) is 28.7 Å². The van der Waals surface area contributed by atoms with Gasteiger partial charge in [-0.1, -0.05) is 20.8 Å². The summed E-state index contributed by atoms with van der Waals surface area (Å²) < 4.78 is 35.9. The number of nitrogens with one attached hydrogen (secondary N) is 1. The van der Waals surface area contributed by atoms with Crippen LogP contribution >= 0.6 is 0 Å². The van der Waals surface area contributed by atoms with Crippen molar-refractivity contribution in [3.8, 4) is 0 Å². The third kappa shape index (κ3) is 4.13. The lowest BCUT2D eigenvalue weighted by atomic mass is 9.97. The highest BCUT2D eigenvalue weighted by Gasteiger charge is 2.42. The molecule has 1 rings (SSSR count). The lowest BCUT2D eigenvalue weighted by molar-refractivity contribution is -0.0604. The molecule has 5 heteroatoms. The summed E-state index contributed by atoms with van der Waals surface area (Å²) in [6.07, 6.45) is -1.70. The molecule has 1 aliphatic rings. The van der Waals surface area contributed by atoms with E-state index < -0.39 is 12.0 Å². The van der Waals surface area contributed by atoms with Crippen LogP contribution in [0.3, 0.4) is 0 Å². The Morgan fingerprint density at radius 1 is 1.35 bits per heavy atom. The number of hydrogen-bond donors (Lipinski definition) is 1. The van der Waals surface area contributed by atoms with Gasteiger partial charge in [-0.05, 0) is 36.5 Å². The van der Waals surface area contributed by atoms with Crippen molar-refractivity contribution in [1.29, 1.82) is 5.41 Å². The zero-order chi connectivity index (χ0) is 13.2. The van der Waals surface area contributed by atoms with Gasteiger partial charge in [0.2, 0.25) is 5.84 Å². The van der Waals surface area contributed by atoms with E-state index in [4.69, 9.17) is 5.41 Å². The summed E-state index contributed by atoms with van der Waals surface area (Å²) in [6, 6.07) is 0. The molecule has 98 valence electrons. The van der Waals surface area contributed by atoms with E-state index in [1.807, 2.05) is 6.92 Å². The van der Waals surface area contributed by atoms with Crippen molar-refractivity contribution in [3.05, 3.63) is 0 Å². The fourth-order valence-electron chi connectivity index (χ4n) is 2.21. The van der Waals surface area contributed by atoms with E-state index in [-0.39, 0.29) is 0 Å². The topological polar surface area (TPSA) is 36.2 Å². The van der Waals surface area contributed by atoms with Gasteiger partial charge in [0.1, 0.15) is 0 Å². The lowest BCUT2D eigenvalue weighted by Gasteiger charge is -2.09. The molecule has 2 nitrogen and oxygen atoms in total. The van der Waals surface area contributed by atoms with E-state index in [1.54, 1.807) is 0 Å². The first kappa shape index (κ1) is 14.2. The Labute approximate surface area is 99.8 Å². The van der Waals surface area contributed by atoms with Gasteiger partial charge in [0.25, 0.3) is 0 Å². The molecule has 0 spiro atoms. The van der Waals surface area contributed by atoms with Crippen LogP contribution in [0.1, 0.15) is 33.6 Å². The molecule has 0 saturated heterocycles. The Hall–Kier alpha value is -0.870. The molecule has 0 aromatic carbocycles. The molecule has 0 aromatic heterocycles. The maximum absolute atomic E-state index is 12.0. The fraction of sp³-hybridized carbons (Fsp3) is 0.833. The van der Waals surface area contributed by atoms with Crippen LogP contribution in [-0.4, -0.2) is 18.2 Å². The van der Waals surface area contributed by atoms with Crippen LogP contribution in [0.2, 0.25) is 0 Å². The van der Waals surface area contributed by atoms with Gasteiger partial charge in [0.05, 0.1) is 0 Å². The van der Waals surface area contributed by atoms with Crippen molar-refractivity contribution < 1.29 is 13.2 Å². The summed E-state index contributed by atoms with van der Waals surface area (Å²) in [5, 5.41) is 6.69. The van der Waals surface area contributed by atoms with Gasteiger partial charge < -0.3 is 0 Å². The van der Waals surface area contributed by atoms with Crippen LogP contribution in [-0.2, 0) is 0 Å². The summed E-state index contributed by atoms with van der Waals surface area (Å²) in [6.45, 7) is 6.38. The maximum atomic E-state index is 12.0. The van der Waals surface area contributed by atoms with E-state index in [0.29, 0.717) is 30.1 Å². The number of rotatable bonds is 4. The highest BCUT2D eigenvalue weighted by Crippen LogP contribution is 2.49. The van der Waals surface area contributed by atoms with Crippen LogP contribution in [0.5, 0.6) is 0 Å². The molecule has 1 unspecified atom stereocenters. The van der Waals surface area contributed by atoms with Crippen molar-refractivity contribution in [2.45, 2.75) is 39.8 Å². The average Bonchev–Trinajstić information content (AvgIpc) is 2.95. The van der Waals surface area contributed by atoms with Crippen LogP contribution < -0.4 is 0 Å². The van der Waals surface area contributed by atoms with Crippen molar-refractivity contribution in [3.63, 3.8) is 0 Å². The van der Waals surface area contributed by atoms with Crippen LogP contribution in [0.15, 0.2) is 4.99 Å². The number of amidine groups is 1. The third-order valence-corrected chi connectivity index (χ3v) is 3.44. The highest BCUT2D eigenvalue weighted by molar-refractivity contribution is 5.91. The molecule has 0 aliphatic heterocycles. The molecule has 1 N–H and O–H groups in total. The largest absolute Gasteiger partial charge is 0.450 e. The Morgan fingerprint density at radius 3 is 2.35 bits per heavy atom. The zero-order valence-electron chi connectivity index (χ0n) is 10.4. The first-order valence-electron chi connectivity index (χ1n) is 5.91. The van der Waals surface area contributed by atoms with Gasteiger partial charge >= 0.3 is 6.18 Å². The van der Waals surface area contributed by atoms with Gasteiger partial charge in [-0.3, -0.25) is 5.41 Å². The van der Waals surface area contributed by atoms with E-state index in [9.17, 15) is 13.2 Å². The summed E-state index contributed by atoms with van der Waals surface area (Å²) in [5.41, 5.74) is 0. The first-order valence-corrected chi connectivity index (χ1v) is 5.91. The van der Waals surface area contributed by atoms with Crippen LogP contribution in [0.25, 0.3) is 0 Å². The lowest BCUT2D eigenvalue weighted by Crippen LogP contribution is -2.19. The molecule has 1 fully saturated rings. The molecule has 17 heavy (non-hydrogen) atoms. The van der Waals surface area contributed by atoms with Crippen LogP contribution in [0.4, 0.5) is 13.2 Å². The van der Waals surface area contributed by atoms with Gasteiger partial charge in [0.15, 0.2) is 0 Å². The molecular formula is C12H19F3N2. The number of alkyl halides is 3. The Morgan fingerprint density at radius 2 is 1.94 bits per heavy atom. The molecule has 0 heterocycles. The number of nitrogens with zero attached hydrogens (tertiary/aromatic N) is 1. The maximum Gasteiger partial charge on any atom is 0.450 e. The summed E-state index contributed by atoms with van der Waals surface area (Å²) in [5.74, 6) is 0.808. The minimum Gasteiger partial charge on any atom is -0.279 e. The molecule has 1 saturated carbocycles. The molecule has 0 radical (unpaired) electrons. The highest BCUT2D eigenvalue weighted by atomic mass is 19.4. The number of hydrogen-bond acceptors (Lipinski definition) is 1. The van der Waals surface area contributed by atoms with E-state index in [0.717, 1.165) is 0 Å². The monoisotopic (exact) mass is 248 g/mol. The fourth-order valence-corrected chi connectivity index (χ4v) is 2.21. The van der Waals surface area contributed by atoms with E-state index >= 15 is 0 Å². The SMILES string of the molecule is CC(C)[C@H]1C[C@@H]1C(C)C/C=N\C(=N)C(F)(F)F. The molecule has 3 atom stereocenters. The molecular weight excluding hydrogens is 229 g/mol. The third-order valence-electron chi connectivity index (χ3n) is 3.44. The van der Waals surface area contributed by atoms with Gasteiger partial charge in [-0.2, -0.15) is 13.2 Å². The van der Waals surface area contributed by atoms with E-state index in [2.05, 4.69) is 18.8 Å². The molecule has 0 aromatic rings. The average molecular weight is 248 g/mol. The minimum atomic E-state index is -4.63. The van der Waals surface area contributed by atoms with Gasteiger partial charge in [-0.15, -0.1) is 0 Å². The van der Waals surface area contributed by atoms with Crippen molar-refractivity contribution in [2.75, 3.05) is 0 Å². The second-order valence-corrected chi connectivity index (χ2v) is 5.18. The van der Waals surface area contributed by atoms with E-state index in [1.165, 1.54) is 12.6 Å². The standard InChI is InChI=1S/C12H19F3N2/c1-7(2)9-6-10(9)8(3)4-5-17-11(16)12(13,14)15/h5,7-10,16H,4,6H2,1-3H3/b16-11?,17-5-/t8?,9-,10-/m1/s1. The quantitative estimate of drug-likeness (QED) is 0.578. The van der Waals surface area contributed by atoms with Gasteiger partial charge in [0, 0.05) is 6.21 Å². The number of halogens is 3. The Bertz CT molecular complexity index is 307. The number of aliphatic imine (C=N–C) groups is 1. The Kier molecular flexibility index (Phi) is 4.33. The predicted molar refractivity (Wildman–Crippen MR) is 62.5 cm³/mol. The molecule has 0 bridgehead atoms. The zero-order valence-corrected chi connectivity index (χ0v) is 10.4. The smallest absolute Gasteiger partial charge is 0.279 e. The van der Waals surface area contributed by atoms with Crippen molar-refractivity contribution >= 4 is 12.1 Å².